The van der Waals surface area contributed by atoms with E-state index in [4.69, 9.17) is 10.8 Å². The minimum Gasteiger partial charge on any atom is -0.395 e. The first-order valence-electron chi connectivity index (χ1n) is 7.08. The van der Waals surface area contributed by atoms with E-state index in [1.165, 1.54) is 32.1 Å². The summed E-state index contributed by atoms with van der Waals surface area (Å²) in [5.74, 6) is 0.598. The molecule has 5 heteroatoms. The van der Waals surface area contributed by atoms with Crippen LogP contribution in [0.3, 0.4) is 0 Å². The molecule has 0 aromatic heterocycles. The fourth-order valence-electron chi connectivity index (χ4n) is 2.68. The maximum absolute atomic E-state index is 9.94. The summed E-state index contributed by atoms with van der Waals surface area (Å²) >= 11 is 0. The maximum atomic E-state index is 9.94. The Morgan fingerprint density at radius 2 is 1.83 bits per heavy atom. The number of rotatable bonds is 8. The molecule has 6 N–H and O–H groups in total. The van der Waals surface area contributed by atoms with Gasteiger partial charge in [-0.15, -0.1) is 0 Å². The lowest BCUT2D eigenvalue weighted by Crippen LogP contribution is -2.48. The molecule has 0 amide bonds. The molecular weight excluding hydrogens is 232 g/mol. The Hall–Kier alpha value is -0.200. The fraction of sp³-hybridized carbons (Fsp3) is 1.00. The Kier molecular flexibility index (Phi) is 7.77. The highest BCUT2D eigenvalue weighted by Crippen LogP contribution is 2.27. The van der Waals surface area contributed by atoms with Crippen LogP contribution < -0.4 is 11.1 Å². The van der Waals surface area contributed by atoms with Gasteiger partial charge in [0.1, 0.15) is 0 Å². The molecule has 0 saturated heterocycles. The van der Waals surface area contributed by atoms with Crippen molar-refractivity contribution in [3.05, 3.63) is 0 Å². The molecular formula is C13H28N2O3. The van der Waals surface area contributed by atoms with Crippen LogP contribution in [0.25, 0.3) is 0 Å². The molecule has 0 aromatic carbocycles. The van der Waals surface area contributed by atoms with E-state index in [1.807, 2.05) is 0 Å². The zero-order valence-corrected chi connectivity index (χ0v) is 11.1. The summed E-state index contributed by atoms with van der Waals surface area (Å²) in [5.41, 5.74) is 5.97. The highest BCUT2D eigenvalue weighted by Gasteiger charge is 2.26. The third-order valence-electron chi connectivity index (χ3n) is 3.81. The lowest BCUT2D eigenvalue weighted by Gasteiger charge is -2.29. The van der Waals surface area contributed by atoms with Crippen LogP contribution in [0.15, 0.2) is 0 Å². The molecule has 1 aliphatic rings. The van der Waals surface area contributed by atoms with Gasteiger partial charge in [0, 0.05) is 19.1 Å². The van der Waals surface area contributed by atoms with Crippen LogP contribution in [-0.4, -0.2) is 53.3 Å². The number of aliphatic hydroxyl groups excluding tert-OH is 3. The Morgan fingerprint density at radius 1 is 1.17 bits per heavy atom. The fourth-order valence-corrected chi connectivity index (χ4v) is 2.68. The lowest BCUT2D eigenvalue weighted by molar-refractivity contribution is -0.000928. The molecule has 0 heterocycles. The van der Waals surface area contributed by atoms with Gasteiger partial charge in [-0.05, 0) is 12.3 Å². The highest BCUT2D eigenvalue weighted by molar-refractivity contribution is 4.83. The van der Waals surface area contributed by atoms with Crippen LogP contribution in [0.1, 0.15) is 38.5 Å². The van der Waals surface area contributed by atoms with Gasteiger partial charge in [0.05, 0.1) is 18.8 Å². The van der Waals surface area contributed by atoms with Crippen LogP contribution in [0, 0.1) is 5.92 Å². The molecule has 1 fully saturated rings. The van der Waals surface area contributed by atoms with E-state index in [0.717, 1.165) is 6.42 Å². The average Bonchev–Trinajstić information content (AvgIpc) is 2.39. The van der Waals surface area contributed by atoms with E-state index in [1.54, 1.807) is 0 Å². The van der Waals surface area contributed by atoms with Gasteiger partial charge >= 0.3 is 0 Å². The first kappa shape index (κ1) is 15.9. The molecule has 0 spiro atoms. The molecule has 108 valence electrons. The Morgan fingerprint density at radius 3 is 2.44 bits per heavy atom. The van der Waals surface area contributed by atoms with Gasteiger partial charge < -0.3 is 26.4 Å². The molecule has 1 saturated carbocycles. The van der Waals surface area contributed by atoms with Crippen molar-refractivity contribution in [2.45, 2.75) is 56.8 Å². The predicted octanol–water partition coefficient (Wildman–Crippen LogP) is -0.412. The van der Waals surface area contributed by atoms with E-state index in [2.05, 4.69) is 5.32 Å². The molecule has 0 aromatic rings. The van der Waals surface area contributed by atoms with Crippen LogP contribution in [0.5, 0.6) is 0 Å². The second-order valence-corrected chi connectivity index (χ2v) is 5.39. The lowest BCUT2D eigenvalue weighted by atomic mass is 9.83. The monoisotopic (exact) mass is 260 g/mol. The number of hydrogen-bond donors (Lipinski definition) is 5. The van der Waals surface area contributed by atoms with Crippen molar-refractivity contribution in [2.75, 3.05) is 19.7 Å². The average molecular weight is 260 g/mol. The summed E-state index contributed by atoms with van der Waals surface area (Å²) < 4.78 is 0. The molecule has 0 aliphatic heterocycles. The number of nitrogens with one attached hydrogen (secondary N) is 1. The summed E-state index contributed by atoms with van der Waals surface area (Å²) in [7, 11) is 0. The van der Waals surface area contributed by atoms with Gasteiger partial charge in [-0.25, -0.2) is 0 Å². The van der Waals surface area contributed by atoms with Crippen molar-refractivity contribution >= 4 is 0 Å². The summed E-state index contributed by atoms with van der Waals surface area (Å²) in [5, 5.41) is 31.2. The van der Waals surface area contributed by atoms with Crippen LogP contribution in [0.4, 0.5) is 0 Å². The van der Waals surface area contributed by atoms with E-state index in [9.17, 15) is 10.2 Å². The normalized spacial score (nSPS) is 22.7. The van der Waals surface area contributed by atoms with Gasteiger partial charge in [-0.2, -0.15) is 0 Å². The Balaban J connectivity index is 2.23. The summed E-state index contributed by atoms with van der Waals surface area (Å²) in [6.07, 6.45) is 5.24. The molecule has 0 radical (unpaired) electrons. The topological polar surface area (TPSA) is 98.7 Å². The SMILES string of the molecule is N[C@@H](CC1CCCCC1)C(O)C(O)CNCCO. The molecule has 3 atom stereocenters. The van der Waals surface area contributed by atoms with Gasteiger partial charge in [0.15, 0.2) is 0 Å². The summed E-state index contributed by atoms with van der Waals surface area (Å²) in [4.78, 5) is 0. The third kappa shape index (κ3) is 5.63. The summed E-state index contributed by atoms with van der Waals surface area (Å²) in [6.45, 7) is 0.707. The minimum atomic E-state index is -0.891. The van der Waals surface area contributed by atoms with E-state index < -0.39 is 12.2 Å². The zero-order chi connectivity index (χ0) is 13.4. The second kappa shape index (κ2) is 8.82. The largest absolute Gasteiger partial charge is 0.395 e. The minimum absolute atomic E-state index is 0.0247. The second-order valence-electron chi connectivity index (χ2n) is 5.39. The highest BCUT2D eigenvalue weighted by atomic mass is 16.3. The Bertz CT molecular complexity index is 210. The summed E-state index contributed by atoms with van der Waals surface area (Å²) in [6, 6.07) is -0.362. The molecule has 18 heavy (non-hydrogen) atoms. The molecule has 0 bridgehead atoms. The number of nitrogens with two attached hydrogens (primary N) is 1. The molecule has 2 unspecified atom stereocenters. The van der Waals surface area contributed by atoms with Crippen LogP contribution in [-0.2, 0) is 0 Å². The first-order chi connectivity index (χ1) is 8.65. The van der Waals surface area contributed by atoms with Crippen molar-refractivity contribution in [2.24, 2.45) is 11.7 Å². The van der Waals surface area contributed by atoms with Gasteiger partial charge in [-0.1, -0.05) is 32.1 Å². The van der Waals surface area contributed by atoms with Crippen molar-refractivity contribution in [1.29, 1.82) is 0 Å². The van der Waals surface area contributed by atoms with Crippen molar-refractivity contribution in [3.63, 3.8) is 0 Å². The predicted molar refractivity (Wildman–Crippen MR) is 71.1 cm³/mol. The molecule has 1 rings (SSSR count). The first-order valence-corrected chi connectivity index (χ1v) is 7.08. The van der Waals surface area contributed by atoms with E-state index in [-0.39, 0.29) is 19.2 Å². The third-order valence-corrected chi connectivity index (χ3v) is 3.81. The quantitative estimate of drug-likeness (QED) is 0.382. The number of hydrogen-bond acceptors (Lipinski definition) is 5. The van der Waals surface area contributed by atoms with Crippen molar-refractivity contribution in [1.82, 2.24) is 5.32 Å². The van der Waals surface area contributed by atoms with Crippen molar-refractivity contribution in [3.8, 4) is 0 Å². The van der Waals surface area contributed by atoms with E-state index in [0.29, 0.717) is 12.5 Å². The molecule has 1 aliphatic carbocycles. The van der Waals surface area contributed by atoms with Crippen LogP contribution >= 0.6 is 0 Å². The van der Waals surface area contributed by atoms with Crippen LogP contribution in [0.2, 0.25) is 0 Å². The van der Waals surface area contributed by atoms with Gasteiger partial charge in [0.25, 0.3) is 0 Å². The van der Waals surface area contributed by atoms with Crippen molar-refractivity contribution < 1.29 is 15.3 Å². The zero-order valence-electron chi connectivity index (χ0n) is 11.1. The smallest absolute Gasteiger partial charge is 0.0962 e. The molecule has 5 nitrogen and oxygen atoms in total. The van der Waals surface area contributed by atoms with Gasteiger partial charge in [-0.3, -0.25) is 0 Å². The Labute approximate surface area is 109 Å². The van der Waals surface area contributed by atoms with Gasteiger partial charge in [0.2, 0.25) is 0 Å². The maximum Gasteiger partial charge on any atom is 0.0962 e. The van der Waals surface area contributed by atoms with E-state index >= 15 is 0 Å². The number of aliphatic hydroxyl groups is 3. The standard InChI is InChI=1S/C13H28N2O3/c14-11(8-10-4-2-1-3-5-10)13(18)12(17)9-15-6-7-16/h10-13,15-18H,1-9,14H2/t11-,12?,13?/m0/s1.